The van der Waals surface area contributed by atoms with E-state index >= 15 is 0 Å². The summed E-state index contributed by atoms with van der Waals surface area (Å²) in [5, 5.41) is 2.88. The van der Waals surface area contributed by atoms with Crippen LogP contribution >= 0.6 is 0 Å². The number of likely N-dealkylation sites (tertiary alicyclic amines) is 1. The van der Waals surface area contributed by atoms with Crippen LogP contribution in [0.2, 0.25) is 0 Å². The lowest BCUT2D eigenvalue weighted by Gasteiger charge is -2.25. The molecule has 1 N–H and O–H groups in total. The summed E-state index contributed by atoms with van der Waals surface area (Å²) < 4.78 is 32.7. The van der Waals surface area contributed by atoms with Gasteiger partial charge in [0.1, 0.15) is 12.4 Å². The molecule has 2 heterocycles. The maximum atomic E-state index is 12.7. The molecule has 190 valence electrons. The first-order valence-corrected chi connectivity index (χ1v) is 14.3. The number of nitrogens with zero attached hydrogens (tertiary/aromatic N) is 2. The average molecular weight is 500 g/mol. The second-order valence-electron chi connectivity index (χ2n) is 9.43. The Kier molecular flexibility index (Phi) is 9.18. The van der Waals surface area contributed by atoms with Crippen molar-refractivity contribution in [2.24, 2.45) is 0 Å². The second kappa shape index (κ2) is 12.5. The molecule has 0 bridgehead atoms. The fraction of sp³-hybridized carbons (Fsp3) is 0.519. The van der Waals surface area contributed by atoms with Gasteiger partial charge >= 0.3 is 0 Å². The van der Waals surface area contributed by atoms with E-state index in [1.165, 1.54) is 31.2 Å². The fourth-order valence-corrected chi connectivity index (χ4v) is 6.23. The Morgan fingerprint density at radius 3 is 2.06 bits per heavy atom. The van der Waals surface area contributed by atoms with Gasteiger partial charge in [-0.05, 0) is 80.7 Å². The quantitative estimate of drug-likeness (QED) is 0.527. The molecule has 0 aliphatic carbocycles. The van der Waals surface area contributed by atoms with Gasteiger partial charge < -0.3 is 10.1 Å². The molecule has 7 nitrogen and oxygen atoms in total. The summed E-state index contributed by atoms with van der Waals surface area (Å²) in [5.41, 5.74) is 1.87. The Morgan fingerprint density at radius 1 is 0.800 bits per heavy atom. The Bertz CT molecular complexity index is 1040. The summed E-state index contributed by atoms with van der Waals surface area (Å²) in [5.74, 6) is 0.451. The van der Waals surface area contributed by atoms with Crippen molar-refractivity contribution in [3.8, 4) is 5.75 Å². The highest BCUT2D eigenvalue weighted by Crippen LogP contribution is 2.22. The highest BCUT2D eigenvalue weighted by atomic mass is 32.2. The monoisotopic (exact) mass is 499 g/mol. The lowest BCUT2D eigenvalue weighted by atomic mass is 10.1. The number of rotatable bonds is 9. The summed E-state index contributed by atoms with van der Waals surface area (Å²) in [6.07, 6.45) is 8.09. The van der Waals surface area contributed by atoms with Gasteiger partial charge in [-0.25, -0.2) is 8.42 Å². The second-order valence-corrected chi connectivity index (χ2v) is 11.4. The van der Waals surface area contributed by atoms with Crippen LogP contribution in [-0.4, -0.2) is 62.9 Å². The van der Waals surface area contributed by atoms with Crippen molar-refractivity contribution in [2.75, 3.05) is 39.3 Å². The zero-order valence-corrected chi connectivity index (χ0v) is 21.3. The van der Waals surface area contributed by atoms with E-state index < -0.39 is 10.0 Å². The third-order valence-corrected chi connectivity index (χ3v) is 8.67. The minimum absolute atomic E-state index is 0.127. The molecule has 2 aliphatic heterocycles. The molecule has 0 unspecified atom stereocenters. The van der Waals surface area contributed by atoms with Crippen LogP contribution in [0, 0.1) is 0 Å². The van der Waals surface area contributed by atoms with Crippen LogP contribution in [-0.2, 0) is 16.6 Å². The molecule has 2 aromatic carbocycles. The van der Waals surface area contributed by atoms with Gasteiger partial charge in [0, 0.05) is 25.2 Å². The molecule has 0 spiro atoms. The highest BCUT2D eigenvalue weighted by Gasteiger charge is 2.25. The zero-order valence-electron chi connectivity index (χ0n) is 20.5. The minimum Gasteiger partial charge on any atom is -0.492 e. The van der Waals surface area contributed by atoms with Crippen LogP contribution < -0.4 is 10.1 Å². The SMILES string of the molecule is O=C(NCCOc1ccc(S(=O)(=O)N2CCCCC2)cc1)c1ccc(CN2CCCCCC2)cc1. The zero-order chi connectivity index (χ0) is 24.5. The normalized spacial score (nSPS) is 18.1. The molecule has 2 saturated heterocycles. The summed E-state index contributed by atoms with van der Waals surface area (Å²) in [7, 11) is -3.44. The van der Waals surface area contributed by atoms with Gasteiger partial charge in [0.25, 0.3) is 5.91 Å². The van der Waals surface area contributed by atoms with Crippen molar-refractivity contribution in [1.29, 1.82) is 0 Å². The lowest BCUT2D eigenvalue weighted by Crippen LogP contribution is -2.35. The molecule has 8 heteroatoms. The minimum atomic E-state index is -3.44. The molecule has 0 saturated carbocycles. The van der Waals surface area contributed by atoms with Gasteiger partial charge in [0.15, 0.2) is 0 Å². The van der Waals surface area contributed by atoms with Crippen molar-refractivity contribution in [3.63, 3.8) is 0 Å². The van der Waals surface area contributed by atoms with E-state index in [0.717, 1.165) is 38.9 Å². The van der Waals surface area contributed by atoms with Gasteiger partial charge in [-0.15, -0.1) is 0 Å². The van der Waals surface area contributed by atoms with E-state index in [-0.39, 0.29) is 5.91 Å². The lowest BCUT2D eigenvalue weighted by molar-refractivity contribution is 0.0947. The number of carbonyl (C=O) groups excluding carboxylic acids is 1. The fourth-order valence-electron chi connectivity index (χ4n) is 4.71. The Labute approximate surface area is 209 Å². The average Bonchev–Trinajstić information content (AvgIpc) is 3.16. The summed E-state index contributed by atoms with van der Waals surface area (Å²) >= 11 is 0. The Hall–Kier alpha value is -2.42. The maximum Gasteiger partial charge on any atom is 0.251 e. The Morgan fingerprint density at radius 2 is 1.40 bits per heavy atom. The van der Waals surface area contributed by atoms with E-state index in [2.05, 4.69) is 10.2 Å². The van der Waals surface area contributed by atoms with Crippen molar-refractivity contribution in [3.05, 3.63) is 59.7 Å². The number of hydrogen-bond donors (Lipinski definition) is 1. The van der Waals surface area contributed by atoms with Crippen LogP contribution in [0.25, 0.3) is 0 Å². The van der Waals surface area contributed by atoms with Gasteiger partial charge in [-0.3, -0.25) is 9.69 Å². The van der Waals surface area contributed by atoms with E-state index in [0.29, 0.717) is 42.4 Å². The van der Waals surface area contributed by atoms with E-state index in [4.69, 9.17) is 4.74 Å². The van der Waals surface area contributed by atoms with Crippen molar-refractivity contribution < 1.29 is 17.9 Å². The molecule has 4 rings (SSSR count). The van der Waals surface area contributed by atoms with E-state index in [1.54, 1.807) is 28.6 Å². The van der Waals surface area contributed by atoms with Crippen LogP contribution in [0.3, 0.4) is 0 Å². The van der Waals surface area contributed by atoms with Crippen LogP contribution in [0.4, 0.5) is 0 Å². The first kappa shape index (κ1) is 25.7. The number of amides is 1. The summed E-state index contributed by atoms with van der Waals surface area (Å²) in [6.45, 7) is 5.08. The summed E-state index contributed by atoms with van der Waals surface area (Å²) in [4.78, 5) is 15.2. The molecule has 2 aliphatic rings. The number of nitrogens with one attached hydrogen (secondary N) is 1. The molecule has 0 aromatic heterocycles. The number of carbonyl (C=O) groups is 1. The molecule has 0 atom stereocenters. The molecule has 2 fully saturated rings. The third kappa shape index (κ3) is 7.29. The number of piperidine rings is 1. The van der Waals surface area contributed by atoms with Crippen LogP contribution in [0.5, 0.6) is 5.75 Å². The number of benzene rings is 2. The van der Waals surface area contributed by atoms with Crippen molar-refractivity contribution >= 4 is 15.9 Å². The predicted molar refractivity (Wildman–Crippen MR) is 137 cm³/mol. The molecule has 0 radical (unpaired) electrons. The van der Waals surface area contributed by atoms with Gasteiger partial charge in [-0.2, -0.15) is 4.31 Å². The van der Waals surface area contributed by atoms with Gasteiger partial charge in [-0.1, -0.05) is 31.4 Å². The standard InChI is InChI=1S/C27H37N3O4S/c31-27(24-10-8-23(9-11-24)22-29-17-4-1-2-5-18-29)28-16-21-34-25-12-14-26(15-13-25)35(32,33)30-19-6-3-7-20-30/h8-15H,1-7,16-22H2,(H,28,31). The predicted octanol–water partition coefficient (Wildman–Crippen LogP) is 4.05. The first-order chi connectivity index (χ1) is 17.0. The van der Waals surface area contributed by atoms with Crippen molar-refractivity contribution in [2.45, 2.75) is 56.4 Å². The molecular weight excluding hydrogens is 462 g/mol. The molecule has 1 amide bonds. The van der Waals surface area contributed by atoms with Crippen LogP contribution in [0.15, 0.2) is 53.4 Å². The highest BCUT2D eigenvalue weighted by molar-refractivity contribution is 7.89. The smallest absolute Gasteiger partial charge is 0.251 e. The topological polar surface area (TPSA) is 78.9 Å². The maximum absolute atomic E-state index is 12.7. The third-order valence-electron chi connectivity index (χ3n) is 6.75. The van der Waals surface area contributed by atoms with E-state index in [9.17, 15) is 13.2 Å². The summed E-state index contributed by atoms with van der Waals surface area (Å²) in [6, 6.07) is 14.3. The number of sulfonamides is 1. The number of hydrogen-bond acceptors (Lipinski definition) is 5. The van der Waals surface area contributed by atoms with Crippen LogP contribution in [0.1, 0.15) is 60.9 Å². The molecule has 2 aromatic rings. The molecular formula is C27H37N3O4S. The molecule has 35 heavy (non-hydrogen) atoms. The Balaban J connectivity index is 1.19. The van der Waals surface area contributed by atoms with Gasteiger partial charge in [0.05, 0.1) is 11.4 Å². The van der Waals surface area contributed by atoms with Crippen molar-refractivity contribution in [1.82, 2.24) is 14.5 Å². The van der Waals surface area contributed by atoms with Gasteiger partial charge in [0.2, 0.25) is 10.0 Å². The number of ether oxygens (including phenoxy) is 1. The van der Waals surface area contributed by atoms with E-state index in [1.807, 2.05) is 24.3 Å². The largest absolute Gasteiger partial charge is 0.492 e. The first-order valence-electron chi connectivity index (χ1n) is 12.8.